The van der Waals surface area contributed by atoms with E-state index in [0.29, 0.717) is 17.8 Å². The number of carbonyl (C=O) groups excluding carboxylic acids is 2. The predicted molar refractivity (Wildman–Crippen MR) is 87.4 cm³/mol. The molecule has 1 atom stereocenters. The van der Waals surface area contributed by atoms with Gasteiger partial charge in [0.25, 0.3) is 0 Å². The molecule has 2 N–H and O–H groups in total. The van der Waals surface area contributed by atoms with Crippen LogP contribution in [0.1, 0.15) is 26.3 Å². The highest BCUT2D eigenvalue weighted by Crippen LogP contribution is 2.53. The van der Waals surface area contributed by atoms with E-state index in [1.54, 1.807) is 30.0 Å². The lowest BCUT2D eigenvalue weighted by Gasteiger charge is -2.34. The van der Waals surface area contributed by atoms with Crippen LogP contribution in [-0.4, -0.2) is 18.2 Å². The van der Waals surface area contributed by atoms with Crippen LogP contribution in [-0.2, 0) is 19.7 Å². The average molecular weight is 323 g/mol. The topological polar surface area (TPSA) is 96.4 Å². The summed E-state index contributed by atoms with van der Waals surface area (Å²) >= 11 is 0. The second-order valence-electron chi connectivity index (χ2n) is 5.76. The van der Waals surface area contributed by atoms with E-state index in [0.717, 1.165) is 0 Å². The number of hydrogen-bond donors (Lipinski definition) is 1. The van der Waals surface area contributed by atoms with Crippen LogP contribution < -0.4 is 10.6 Å². The molecule has 24 heavy (non-hydrogen) atoms. The third-order valence-electron chi connectivity index (χ3n) is 4.56. The molecule has 6 nitrogen and oxygen atoms in total. The van der Waals surface area contributed by atoms with Gasteiger partial charge in [0.15, 0.2) is 5.78 Å². The Hall–Kier alpha value is -3.07. The fraction of sp³-hybridized carbons (Fsp3) is 0.278. The summed E-state index contributed by atoms with van der Waals surface area (Å²) in [5.41, 5.74) is 5.79. The van der Waals surface area contributed by atoms with Crippen LogP contribution in [0.2, 0.25) is 0 Å². The molecular weight excluding hydrogens is 306 g/mol. The van der Waals surface area contributed by atoms with Gasteiger partial charge in [0.1, 0.15) is 22.8 Å². The van der Waals surface area contributed by atoms with E-state index >= 15 is 0 Å². The van der Waals surface area contributed by atoms with Crippen LogP contribution >= 0.6 is 0 Å². The predicted octanol–water partition coefficient (Wildman–Crippen LogP) is 1.88. The number of ether oxygens (including phenoxy) is 1. The molecule has 1 aromatic rings. The number of para-hydroxylation sites is 1. The van der Waals surface area contributed by atoms with E-state index in [1.165, 1.54) is 6.92 Å². The molecule has 6 heteroatoms. The maximum absolute atomic E-state index is 13.4. The highest BCUT2D eigenvalue weighted by atomic mass is 16.5. The minimum Gasteiger partial charge on any atom is -0.445 e. The van der Waals surface area contributed by atoms with Crippen molar-refractivity contribution < 1.29 is 14.3 Å². The molecule has 2 heterocycles. The van der Waals surface area contributed by atoms with Crippen molar-refractivity contribution in [3.8, 4) is 6.07 Å². The first-order valence-electron chi connectivity index (χ1n) is 7.63. The number of ketones is 1. The third-order valence-corrected chi connectivity index (χ3v) is 4.56. The molecule has 0 radical (unpaired) electrons. The quantitative estimate of drug-likeness (QED) is 0.896. The number of nitriles is 1. The zero-order chi connectivity index (χ0) is 17.6. The molecule has 0 fully saturated rings. The van der Waals surface area contributed by atoms with Gasteiger partial charge in [0, 0.05) is 17.8 Å². The first kappa shape index (κ1) is 15.8. The molecule has 122 valence electrons. The minimum atomic E-state index is -1.53. The highest BCUT2D eigenvalue weighted by molar-refractivity contribution is 6.19. The summed E-state index contributed by atoms with van der Waals surface area (Å²) < 4.78 is 5.41. The summed E-state index contributed by atoms with van der Waals surface area (Å²) in [7, 11) is 0. The van der Waals surface area contributed by atoms with Crippen molar-refractivity contribution in [2.45, 2.75) is 26.2 Å². The fourth-order valence-corrected chi connectivity index (χ4v) is 3.74. The summed E-state index contributed by atoms with van der Waals surface area (Å²) in [6.07, 6.45) is 0. The number of carbonyl (C=O) groups is 2. The highest BCUT2D eigenvalue weighted by Gasteiger charge is 2.60. The van der Waals surface area contributed by atoms with Gasteiger partial charge in [-0.3, -0.25) is 9.59 Å². The molecule has 0 saturated heterocycles. The Balaban J connectivity index is 2.49. The monoisotopic (exact) mass is 323 g/mol. The Morgan fingerprint density at radius 1 is 1.42 bits per heavy atom. The molecule has 1 amide bonds. The van der Waals surface area contributed by atoms with E-state index in [9.17, 15) is 14.9 Å². The summed E-state index contributed by atoms with van der Waals surface area (Å²) in [5.74, 6) is -0.561. The van der Waals surface area contributed by atoms with Crippen LogP contribution in [0.3, 0.4) is 0 Å². The number of hydrogen-bond acceptors (Lipinski definition) is 5. The van der Waals surface area contributed by atoms with Crippen molar-refractivity contribution in [2.75, 3.05) is 11.4 Å². The molecule has 3 rings (SSSR count). The van der Waals surface area contributed by atoms with Gasteiger partial charge in [-0.2, -0.15) is 5.26 Å². The first-order valence-corrected chi connectivity index (χ1v) is 7.63. The maximum Gasteiger partial charge on any atom is 0.247 e. The first-order chi connectivity index (χ1) is 11.4. The van der Waals surface area contributed by atoms with Crippen LogP contribution in [0.4, 0.5) is 5.69 Å². The number of amides is 1. The molecule has 2 aliphatic rings. The number of likely N-dealkylation sites (N-methyl/N-ethyl adjacent to an activating group) is 1. The maximum atomic E-state index is 13.4. The number of rotatable bonds is 2. The lowest BCUT2D eigenvalue weighted by Crippen LogP contribution is -2.47. The molecule has 1 unspecified atom stereocenters. The number of benzene rings is 1. The van der Waals surface area contributed by atoms with Gasteiger partial charge < -0.3 is 15.4 Å². The third kappa shape index (κ3) is 1.69. The second kappa shape index (κ2) is 5.24. The molecule has 2 aliphatic heterocycles. The van der Waals surface area contributed by atoms with Gasteiger partial charge in [-0.25, -0.2) is 0 Å². The summed E-state index contributed by atoms with van der Waals surface area (Å²) in [4.78, 5) is 27.4. The standard InChI is InChI=1S/C18H17N3O3/c1-4-21-14-8-6-5-7-12(14)18(17(21)23)13(9-19)16(20)24-11(3)15(18)10(2)22/h5-8H,4,20H2,1-3H3. The Labute approximate surface area is 139 Å². The van der Waals surface area contributed by atoms with Crippen molar-refractivity contribution in [1.29, 1.82) is 5.26 Å². The zero-order valence-corrected chi connectivity index (χ0v) is 13.7. The molecule has 1 spiro atoms. The molecule has 0 aromatic heterocycles. The molecule has 0 saturated carbocycles. The van der Waals surface area contributed by atoms with Crippen molar-refractivity contribution in [2.24, 2.45) is 5.73 Å². The molecular formula is C18H17N3O3. The van der Waals surface area contributed by atoms with Crippen LogP contribution in [0.25, 0.3) is 0 Å². The van der Waals surface area contributed by atoms with Gasteiger partial charge in [0.05, 0.1) is 5.57 Å². The number of fused-ring (bicyclic) bond motifs is 2. The second-order valence-corrected chi connectivity index (χ2v) is 5.76. The lowest BCUT2D eigenvalue weighted by molar-refractivity contribution is -0.123. The Morgan fingerprint density at radius 3 is 2.67 bits per heavy atom. The molecule has 1 aromatic carbocycles. The number of allylic oxidation sites excluding steroid dienone is 1. The lowest BCUT2D eigenvalue weighted by atomic mass is 9.67. The smallest absolute Gasteiger partial charge is 0.247 e. The van der Waals surface area contributed by atoms with Crippen LogP contribution in [0.15, 0.2) is 47.1 Å². The summed E-state index contributed by atoms with van der Waals surface area (Å²) in [5, 5.41) is 9.70. The van der Waals surface area contributed by atoms with Crippen molar-refractivity contribution in [1.82, 2.24) is 0 Å². The van der Waals surface area contributed by atoms with E-state index in [1.807, 2.05) is 19.1 Å². The van der Waals surface area contributed by atoms with Gasteiger partial charge in [-0.1, -0.05) is 18.2 Å². The summed E-state index contributed by atoms with van der Waals surface area (Å²) in [6, 6.07) is 9.16. The molecule has 0 bridgehead atoms. The average Bonchev–Trinajstić information content (AvgIpc) is 2.77. The zero-order valence-electron chi connectivity index (χ0n) is 13.7. The SMILES string of the molecule is CCN1C(=O)C2(C(C#N)=C(N)OC(C)=C2C(C)=O)c2ccccc21. The van der Waals surface area contributed by atoms with Gasteiger partial charge >= 0.3 is 0 Å². The fourth-order valence-electron chi connectivity index (χ4n) is 3.74. The van der Waals surface area contributed by atoms with E-state index < -0.39 is 5.41 Å². The Morgan fingerprint density at radius 2 is 2.08 bits per heavy atom. The van der Waals surface area contributed by atoms with Crippen LogP contribution in [0.5, 0.6) is 0 Å². The van der Waals surface area contributed by atoms with E-state index in [4.69, 9.17) is 10.5 Å². The van der Waals surface area contributed by atoms with E-state index in [2.05, 4.69) is 0 Å². The molecule has 0 aliphatic carbocycles. The summed E-state index contributed by atoms with van der Waals surface area (Å²) in [6.45, 7) is 5.21. The number of nitrogens with zero attached hydrogens (tertiary/aromatic N) is 2. The normalized spacial score (nSPS) is 22.6. The van der Waals surface area contributed by atoms with E-state index in [-0.39, 0.29) is 34.5 Å². The number of anilines is 1. The Kier molecular flexibility index (Phi) is 3.45. The van der Waals surface area contributed by atoms with Crippen LogP contribution in [0, 0.1) is 11.3 Å². The Bertz CT molecular complexity index is 876. The van der Waals surface area contributed by atoms with Gasteiger partial charge in [0.2, 0.25) is 11.8 Å². The number of Topliss-reactive ketones (excluding diaryl/α,β-unsaturated/α-hetero) is 1. The number of nitrogens with two attached hydrogens (primary N) is 1. The van der Waals surface area contributed by atoms with Crippen molar-refractivity contribution >= 4 is 17.4 Å². The van der Waals surface area contributed by atoms with Crippen molar-refractivity contribution in [3.63, 3.8) is 0 Å². The van der Waals surface area contributed by atoms with Gasteiger partial charge in [-0.15, -0.1) is 0 Å². The van der Waals surface area contributed by atoms with Crippen molar-refractivity contribution in [3.05, 3.63) is 52.6 Å². The minimum absolute atomic E-state index is 0.0355. The van der Waals surface area contributed by atoms with Gasteiger partial charge in [-0.05, 0) is 26.8 Å². The largest absolute Gasteiger partial charge is 0.445 e.